The van der Waals surface area contributed by atoms with Crippen molar-refractivity contribution in [2.75, 3.05) is 7.05 Å². The highest BCUT2D eigenvalue weighted by Gasteiger charge is 2.15. The lowest BCUT2D eigenvalue weighted by atomic mass is 10.1. The topological polar surface area (TPSA) is 76.3 Å². The van der Waals surface area contributed by atoms with Crippen molar-refractivity contribution in [3.8, 4) is 0 Å². The molecule has 0 aliphatic heterocycles. The van der Waals surface area contributed by atoms with Crippen LogP contribution in [0, 0.1) is 0 Å². The van der Waals surface area contributed by atoms with Crippen LogP contribution in [0.1, 0.15) is 26.3 Å². The van der Waals surface area contributed by atoms with Crippen LogP contribution in [0.3, 0.4) is 0 Å². The van der Waals surface area contributed by atoms with Crippen molar-refractivity contribution in [1.82, 2.24) is 9.88 Å². The second kappa shape index (κ2) is 6.37. The van der Waals surface area contributed by atoms with Crippen LogP contribution < -0.4 is 5.73 Å². The molecular weight excluding hydrogens is 290 g/mol. The second-order valence-corrected chi connectivity index (χ2v) is 4.99. The molecule has 1 aromatic heterocycles. The normalized spacial score (nSPS) is 10.2. The first-order valence-electron chi connectivity index (χ1n) is 6.22. The summed E-state index contributed by atoms with van der Waals surface area (Å²) in [6.45, 7) is 0.399. The van der Waals surface area contributed by atoms with Gasteiger partial charge in [0.2, 0.25) is 5.91 Å². The van der Waals surface area contributed by atoms with Gasteiger partial charge in [0.25, 0.3) is 5.91 Å². The zero-order valence-corrected chi connectivity index (χ0v) is 12.2. The van der Waals surface area contributed by atoms with Gasteiger partial charge in [0.1, 0.15) is 0 Å². The SMILES string of the molecule is CN(Cc1ccc(C(N)=O)cc1)C(=O)c1ccncc1Cl. The van der Waals surface area contributed by atoms with Gasteiger partial charge in [-0.3, -0.25) is 14.6 Å². The van der Waals surface area contributed by atoms with Gasteiger partial charge in [-0.2, -0.15) is 0 Å². The van der Waals surface area contributed by atoms with Crippen LogP contribution in [0.5, 0.6) is 0 Å². The Bertz CT molecular complexity index is 671. The Morgan fingerprint density at radius 1 is 1.24 bits per heavy atom. The Hall–Kier alpha value is -2.40. The van der Waals surface area contributed by atoms with E-state index in [0.717, 1.165) is 5.56 Å². The maximum atomic E-state index is 12.3. The van der Waals surface area contributed by atoms with Gasteiger partial charge in [0.15, 0.2) is 0 Å². The van der Waals surface area contributed by atoms with Gasteiger partial charge in [-0.05, 0) is 23.8 Å². The highest BCUT2D eigenvalue weighted by atomic mass is 35.5. The van der Waals surface area contributed by atoms with E-state index in [1.165, 1.54) is 12.4 Å². The molecular formula is C15H14ClN3O2. The van der Waals surface area contributed by atoms with Crippen molar-refractivity contribution in [2.24, 2.45) is 5.73 Å². The van der Waals surface area contributed by atoms with Gasteiger partial charge in [-0.1, -0.05) is 23.7 Å². The quantitative estimate of drug-likeness (QED) is 0.939. The molecule has 1 aromatic carbocycles. The molecule has 0 saturated heterocycles. The minimum Gasteiger partial charge on any atom is -0.366 e. The molecule has 2 rings (SSSR count). The molecule has 0 bridgehead atoms. The van der Waals surface area contributed by atoms with Crippen LogP contribution in [-0.4, -0.2) is 28.7 Å². The average molecular weight is 304 g/mol. The van der Waals surface area contributed by atoms with E-state index in [2.05, 4.69) is 4.98 Å². The fourth-order valence-electron chi connectivity index (χ4n) is 1.87. The van der Waals surface area contributed by atoms with Crippen LogP contribution in [0.15, 0.2) is 42.7 Å². The number of amides is 2. The van der Waals surface area contributed by atoms with Gasteiger partial charge in [0, 0.05) is 31.5 Å². The number of nitrogens with zero attached hydrogens (tertiary/aromatic N) is 2. The van der Waals surface area contributed by atoms with Crippen molar-refractivity contribution in [3.63, 3.8) is 0 Å². The fraction of sp³-hybridized carbons (Fsp3) is 0.133. The van der Waals surface area contributed by atoms with Crippen LogP contribution >= 0.6 is 11.6 Å². The Balaban J connectivity index is 2.10. The highest BCUT2D eigenvalue weighted by molar-refractivity contribution is 6.33. The number of carbonyl (C=O) groups excluding carboxylic acids is 2. The zero-order chi connectivity index (χ0) is 15.4. The first-order chi connectivity index (χ1) is 9.99. The van der Waals surface area contributed by atoms with E-state index in [1.807, 2.05) is 0 Å². The molecule has 2 aromatic rings. The summed E-state index contributed by atoms with van der Waals surface area (Å²) in [5, 5.41) is 0.318. The molecule has 0 fully saturated rings. The maximum absolute atomic E-state index is 12.3. The van der Waals surface area contributed by atoms with Crippen molar-refractivity contribution >= 4 is 23.4 Å². The van der Waals surface area contributed by atoms with Crippen molar-refractivity contribution in [2.45, 2.75) is 6.54 Å². The molecule has 1 heterocycles. The van der Waals surface area contributed by atoms with E-state index in [-0.39, 0.29) is 5.91 Å². The van der Waals surface area contributed by atoms with Crippen molar-refractivity contribution < 1.29 is 9.59 Å². The lowest BCUT2D eigenvalue weighted by Crippen LogP contribution is -2.26. The molecule has 0 radical (unpaired) electrons. The third-order valence-electron chi connectivity index (χ3n) is 3.01. The molecule has 21 heavy (non-hydrogen) atoms. The predicted molar refractivity (Wildman–Crippen MR) is 80.0 cm³/mol. The number of hydrogen-bond donors (Lipinski definition) is 1. The van der Waals surface area contributed by atoms with Crippen molar-refractivity contribution in [3.05, 3.63) is 64.4 Å². The fourth-order valence-corrected chi connectivity index (χ4v) is 2.07. The van der Waals surface area contributed by atoms with E-state index < -0.39 is 5.91 Å². The molecule has 0 aliphatic rings. The van der Waals surface area contributed by atoms with Crippen LogP contribution in [0.4, 0.5) is 0 Å². The Kier molecular flexibility index (Phi) is 4.55. The second-order valence-electron chi connectivity index (χ2n) is 4.58. The summed E-state index contributed by atoms with van der Waals surface area (Å²) in [6, 6.07) is 8.37. The zero-order valence-electron chi connectivity index (χ0n) is 11.4. The summed E-state index contributed by atoms with van der Waals surface area (Å²) in [4.78, 5) is 28.7. The van der Waals surface area contributed by atoms with E-state index in [4.69, 9.17) is 17.3 Å². The number of primary amides is 1. The van der Waals surface area contributed by atoms with E-state index in [1.54, 1.807) is 42.3 Å². The maximum Gasteiger partial charge on any atom is 0.255 e. The number of pyridine rings is 1. The molecule has 0 unspecified atom stereocenters. The number of carbonyl (C=O) groups is 2. The minimum atomic E-state index is -0.477. The highest BCUT2D eigenvalue weighted by Crippen LogP contribution is 2.16. The third kappa shape index (κ3) is 3.58. The molecule has 2 N–H and O–H groups in total. The lowest BCUT2D eigenvalue weighted by molar-refractivity contribution is 0.0784. The Morgan fingerprint density at radius 3 is 2.48 bits per heavy atom. The van der Waals surface area contributed by atoms with E-state index >= 15 is 0 Å². The third-order valence-corrected chi connectivity index (χ3v) is 3.31. The summed E-state index contributed by atoms with van der Waals surface area (Å²) in [7, 11) is 1.68. The number of benzene rings is 1. The first kappa shape index (κ1) is 15.0. The van der Waals surface area contributed by atoms with Gasteiger partial charge in [-0.25, -0.2) is 0 Å². The molecule has 108 valence electrons. The number of aromatic nitrogens is 1. The lowest BCUT2D eigenvalue weighted by Gasteiger charge is -2.18. The monoisotopic (exact) mass is 303 g/mol. The minimum absolute atomic E-state index is 0.193. The summed E-state index contributed by atoms with van der Waals surface area (Å²) >= 11 is 5.96. The number of halogens is 1. The molecule has 6 heteroatoms. The number of nitrogens with two attached hydrogens (primary N) is 1. The van der Waals surface area contributed by atoms with E-state index in [9.17, 15) is 9.59 Å². The molecule has 5 nitrogen and oxygen atoms in total. The first-order valence-corrected chi connectivity index (χ1v) is 6.60. The summed E-state index contributed by atoms with van der Waals surface area (Å²) in [5.41, 5.74) is 6.91. The molecule has 0 saturated carbocycles. The predicted octanol–water partition coefficient (Wildman–Crippen LogP) is 2.11. The van der Waals surface area contributed by atoms with Crippen molar-refractivity contribution in [1.29, 1.82) is 0 Å². The van der Waals surface area contributed by atoms with Crippen LogP contribution in [0.25, 0.3) is 0 Å². The number of hydrogen-bond acceptors (Lipinski definition) is 3. The van der Waals surface area contributed by atoms with E-state index in [0.29, 0.717) is 22.7 Å². The standard InChI is InChI=1S/C15H14ClN3O2/c1-19(15(21)12-6-7-18-8-13(12)16)9-10-2-4-11(5-3-10)14(17)20/h2-8H,9H2,1H3,(H2,17,20). The van der Waals surface area contributed by atoms with Crippen LogP contribution in [-0.2, 0) is 6.54 Å². The largest absolute Gasteiger partial charge is 0.366 e. The smallest absolute Gasteiger partial charge is 0.255 e. The average Bonchev–Trinajstić information content (AvgIpc) is 2.47. The summed E-state index contributed by atoms with van der Waals surface area (Å²) < 4.78 is 0. The Morgan fingerprint density at radius 2 is 1.90 bits per heavy atom. The molecule has 0 atom stereocenters. The van der Waals surface area contributed by atoms with Gasteiger partial charge in [-0.15, -0.1) is 0 Å². The van der Waals surface area contributed by atoms with Crippen LogP contribution in [0.2, 0.25) is 5.02 Å². The van der Waals surface area contributed by atoms with Gasteiger partial charge < -0.3 is 10.6 Å². The van der Waals surface area contributed by atoms with Gasteiger partial charge >= 0.3 is 0 Å². The Labute approximate surface area is 127 Å². The molecule has 2 amide bonds. The van der Waals surface area contributed by atoms with Gasteiger partial charge in [0.05, 0.1) is 10.6 Å². The summed E-state index contributed by atoms with van der Waals surface area (Å²) in [5.74, 6) is -0.670. The summed E-state index contributed by atoms with van der Waals surface area (Å²) in [6.07, 6.45) is 2.96. The molecule has 0 aliphatic carbocycles. The number of rotatable bonds is 4. The molecule has 0 spiro atoms.